The van der Waals surface area contributed by atoms with Crippen molar-refractivity contribution in [3.05, 3.63) is 53.3 Å². The molecule has 0 radical (unpaired) electrons. The third-order valence-corrected chi connectivity index (χ3v) is 2.68. The van der Waals surface area contributed by atoms with Crippen LogP contribution in [0.2, 0.25) is 5.02 Å². The number of aromatic nitrogens is 1. The lowest BCUT2D eigenvalue weighted by molar-refractivity contribution is -0.274. The molecule has 0 saturated heterocycles. The van der Waals surface area contributed by atoms with E-state index >= 15 is 0 Å². The van der Waals surface area contributed by atoms with Crippen LogP contribution in [0.15, 0.2) is 42.7 Å². The van der Waals surface area contributed by atoms with Crippen molar-refractivity contribution in [1.29, 1.82) is 0 Å². The van der Waals surface area contributed by atoms with Crippen LogP contribution in [0.3, 0.4) is 0 Å². The third-order valence-electron chi connectivity index (χ3n) is 2.38. The molecule has 1 aromatic heterocycles. The van der Waals surface area contributed by atoms with Gasteiger partial charge in [0, 0.05) is 12.4 Å². The molecule has 0 spiro atoms. The van der Waals surface area contributed by atoms with E-state index in [0.29, 0.717) is 0 Å². The van der Waals surface area contributed by atoms with Crippen molar-refractivity contribution in [2.75, 3.05) is 5.32 Å². The first-order chi connectivity index (χ1) is 9.87. The lowest BCUT2D eigenvalue weighted by Gasteiger charge is -2.14. The number of nitrogens with zero attached hydrogens (tertiary/aromatic N) is 1. The number of benzene rings is 1. The van der Waals surface area contributed by atoms with Gasteiger partial charge in [-0.3, -0.25) is 9.78 Å². The molecule has 2 rings (SSSR count). The van der Waals surface area contributed by atoms with Crippen molar-refractivity contribution in [2.45, 2.75) is 6.36 Å². The molecule has 21 heavy (non-hydrogen) atoms. The predicted octanol–water partition coefficient (Wildman–Crippen LogP) is 3.89. The second-order valence-corrected chi connectivity index (χ2v) is 4.26. The fourth-order valence-electron chi connectivity index (χ4n) is 1.53. The molecule has 0 bridgehead atoms. The highest BCUT2D eigenvalue weighted by Gasteiger charge is 2.32. The second-order valence-electron chi connectivity index (χ2n) is 3.85. The van der Waals surface area contributed by atoms with E-state index in [1.54, 1.807) is 0 Å². The standard InChI is InChI=1S/C13H8ClF3N2O2/c14-9-7-18-6-5-8(9)12(20)19-10-3-1-2-4-11(10)21-13(15,16)17/h1-7H,(H,19,20). The molecule has 2 aromatic rings. The van der Waals surface area contributed by atoms with Crippen LogP contribution >= 0.6 is 11.6 Å². The van der Waals surface area contributed by atoms with Crippen LogP contribution in [0, 0.1) is 0 Å². The first-order valence-electron chi connectivity index (χ1n) is 5.62. The van der Waals surface area contributed by atoms with Crippen LogP contribution < -0.4 is 10.1 Å². The zero-order valence-corrected chi connectivity index (χ0v) is 11.1. The van der Waals surface area contributed by atoms with Gasteiger partial charge >= 0.3 is 6.36 Å². The predicted molar refractivity (Wildman–Crippen MR) is 70.3 cm³/mol. The number of rotatable bonds is 3. The second kappa shape index (κ2) is 6.01. The number of carbonyl (C=O) groups is 1. The first kappa shape index (κ1) is 15.1. The van der Waals surface area contributed by atoms with Crippen molar-refractivity contribution in [3.8, 4) is 5.75 Å². The Bertz CT molecular complexity index is 662. The van der Waals surface area contributed by atoms with E-state index in [0.717, 1.165) is 6.07 Å². The van der Waals surface area contributed by atoms with Crippen molar-refractivity contribution in [1.82, 2.24) is 4.98 Å². The summed E-state index contributed by atoms with van der Waals surface area (Å²) in [5.74, 6) is -1.18. The Morgan fingerprint density at radius 2 is 1.95 bits per heavy atom. The van der Waals surface area contributed by atoms with Crippen LogP contribution in [-0.2, 0) is 0 Å². The summed E-state index contributed by atoms with van der Waals surface area (Å²) < 4.78 is 40.7. The zero-order valence-electron chi connectivity index (χ0n) is 10.3. The number of hydrogen-bond donors (Lipinski definition) is 1. The van der Waals surface area contributed by atoms with Gasteiger partial charge < -0.3 is 10.1 Å². The molecule has 8 heteroatoms. The number of para-hydroxylation sites is 2. The Morgan fingerprint density at radius 1 is 1.24 bits per heavy atom. The van der Waals surface area contributed by atoms with E-state index in [1.807, 2.05) is 0 Å². The third kappa shape index (κ3) is 4.09. The van der Waals surface area contributed by atoms with E-state index in [2.05, 4.69) is 15.0 Å². The molecule has 1 amide bonds. The maximum absolute atomic E-state index is 12.3. The number of halogens is 4. The number of hydrogen-bond acceptors (Lipinski definition) is 3. The highest BCUT2D eigenvalue weighted by Crippen LogP contribution is 2.30. The molecule has 0 unspecified atom stereocenters. The van der Waals surface area contributed by atoms with Gasteiger partial charge in [0.05, 0.1) is 16.3 Å². The molecule has 1 heterocycles. The van der Waals surface area contributed by atoms with Gasteiger partial charge in [-0.15, -0.1) is 13.2 Å². The largest absolute Gasteiger partial charge is 0.573 e. The number of nitrogens with one attached hydrogen (secondary N) is 1. The Balaban J connectivity index is 2.24. The Kier molecular flexibility index (Phi) is 4.32. The highest BCUT2D eigenvalue weighted by molar-refractivity contribution is 6.34. The lowest BCUT2D eigenvalue weighted by Crippen LogP contribution is -2.19. The van der Waals surface area contributed by atoms with Crippen molar-refractivity contribution in [2.24, 2.45) is 0 Å². The van der Waals surface area contributed by atoms with Gasteiger partial charge in [-0.2, -0.15) is 0 Å². The van der Waals surface area contributed by atoms with Crippen molar-refractivity contribution < 1.29 is 22.7 Å². The molecule has 0 aliphatic heterocycles. The molecule has 0 aliphatic carbocycles. The van der Waals surface area contributed by atoms with Gasteiger partial charge in [0.1, 0.15) is 0 Å². The number of alkyl halides is 3. The van der Waals surface area contributed by atoms with Gasteiger partial charge in [-0.05, 0) is 18.2 Å². The normalized spacial score (nSPS) is 11.0. The lowest BCUT2D eigenvalue weighted by atomic mass is 10.2. The fraction of sp³-hybridized carbons (Fsp3) is 0.0769. The Morgan fingerprint density at radius 3 is 2.62 bits per heavy atom. The number of anilines is 1. The molecule has 0 fully saturated rings. The van der Waals surface area contributed by atoms with Crippen LogP contribution in [0.1, 0.15) is 10.4 Å². The van der Waals surface area contributed by atoms with Crippen LogP contribution in [0.25, 0.3) is 0 Å². The zero-order chi connectivity index (χ0) is 15.5. The highest BCUT2D eigenvalue weighted by atomic mass is 35.5. The monoisotopic (exact) mass is 316 g/mol. The topological polar surface area (TPSA) is 51.2 Å². The molecular weight excluding hydrogens is 309 g/mol. The molecule has 110 valence electrons. The smallest absolute Gasteiger partial charge is 0.404 e. The van der Waals surface area contributed by atoms with E-state index in [1.165, 1.54) is 36.7 Å². The summed E-state index contributed by atoms with van der Waals surface area (Å²) in [5, 5.41) is 2.40. The molecule has 0 saturated carbocycles. The molecule has 1 aromatic carbocycles. The summed E-state index contributed by atoms with van der Waals surface area (Å²) in [7, 11) is 0. The van der Waals surface area contributed by atoms with E-state index in [9.17, 15) is 18.0 Å². The minimum absolute atomic E-state index is 0.0872. The molecular formula is C13H8ClF3N2O2. The summed E-state index contributed by atoms with van der Waals surface area (Å²) in [5.41, 5.74) is -0.0267. The van der Waals surface area contributed by atoms with Crippen LogP contribution in [0.5, 0.6) is 5.75 Å². The first-order valence-corrected chi connectivity index (χ1v) is 6.00. The average molecular weight is 317 g/mol. The van der Waals surface area contributed by atoms with Gasteiger partial charge in [-0.25, -0.2) is 0 Å². The maximum atomic E-state index is 12.3. The quantitative estimate of drug-likeness (QED) is 0.934. The number of pyridine rings is 1. The van der Waals surface area contributed by atoms with Crippen molar-refractivity contribution in [3.63, 3.8) is 0 Å². The number of amides is 1. The maximum Gasteiger partial charge on any atom is 0.573 e. The van der Waals surface area contributed by atoms with Gasteiger partial charge in [0.2, 0.25) is 0 Å². The number of ether oxygens (including phenoxy) is 1. The molecule has 0 aliphatic rings. The van der Waals surface area contributed by atoms with E-state index < -0.39 is 18.0 Å². The summed E-state index contributed by atoms with van der Waals surface area (Å²) in [6.07, 6.45) is -2.25. The summed E-state index contributed by atoms with van der Waals surface area (Å²) in [4.78, 5) is 15.7. The van der Waals surface area contributed by atoms with Gasteiger partial charge in [0.25, 0.3) is 5.91 Å². The minimum Gasteiger partial charge on any atom is -0.404 e. The van der Waals surface area contributed by atoms with Gasteiger partial charge in [-0.1, -0.05) is 23.7 Å². The molecule has 0 atom stereocenters. The van der Waals surface area contributed by atoms with Crippen molar-refractivity contribution >= 4 is 23.2 Å². The average Bonchev–Trinajstić information content (AvgIpc) is 2.40. The molecule has 1 N–H and O–H groups in total. The van der Waals surface area contributed by atoms with E-state index in [-0.39, 0.29) is 16.3 Å². The van der Waals surface area contributed by atoms with Gasteiger partial charge in [0.15, 0.2) is 5.75 Å². The summed E-state index contributed by atoms with van der Waals surface area (Å²) in [6.45, 7) is 0. The van der Waals surface area contributed by atoms with E-state index in [4.69, 9.17) is 11.6 Å². The number of carbonyl (C=O) groups excluding carboxylic acids is 1. The Hall–Kier alpha value is -2.28. The molecule has 4 nitrogen and oxygen atoms in total. The summed E-state index contributed by atoms with van der Waals surface area (Å²) in [6, 6.07) is 6.55. The minimum atomic E-state index is -4.85. The SMILES string of the molecule is O=C(Nc1ccccc1OC(F)(F)F)c1ccncc1Cl. The summed E-state index contributed by atoms with van der Waals surface area (Å²) >= 11 is 5.80. The fourth-order valence-corrected chi connectivity index (χ4v) is 1.74. The van der Waals surface area contributed by atoms with Crippen LogP contribution in [0.4, 0.5) is 18.9 Å². The Labute approximate surface area is 122 Å². The van der Waals surface area contributed by atoms with Crippen LogP contribution in [-0.4, -0.2) is 17.3 Å².